The third-order valence-electron chi connectivity index (χ3n) is 3.13. The number of nitrogens with one attached hydrogen (secondary N) is 1. The Morgan fingerprint density at radius 3 is 2.65 bits per heavy atom. The topological polar surface area (TPSA) is 56.8 Å². The van der Waals surface area contributed by atoms with Crippen LogP contribution < -0.4 is 14.8 Å². The summed E-state index contributed by atoms with van der Waals surface area (Å²) in [5, 5.41) is 3.18. The van der Waals surface area contributed by atoms with Gasteiger partial charge in [-0.2, -0.15) is 0 Å². The molecule has 0 heterocycles. The molecule has 0 bridgehead atoms. The highest BCUT2D eigenvalue weighted by Crippen LogP contribution is 2.30. The summed E-state index contributed by atoms with van der Waals surface area (Å²) in [7, 11) is 4.91. The van der Waals surface area contributed by atoms with Gasteiger partial charge in [0.25, 0.3) is 0 Å². The minimum absolute atomic E-state index is 0.223. The first-order valence-corrected chi connectivity index (χ1v) is 6.67. The Balaban J connectivity index is 2.59. The van der Waals surface area contributed by atoms with Crippen molar-refractivity contribution in [2.75, 3.05) is 27.9 Å². The number of esters is 1. The molecule has 112 valence electrons. The van der Waals surface area contributed by atoms with Gasteiger partial charge in [0.15, 0.2) is 11.5 Å². The number of carbonyl (C=O) groups excluding carboxylic acids is 1. The summed E-state index contributed by atoms with van der Waals surface area (Å²) in [5.41, 5.74) is 1.13. The molecular formula is C15H23NO4. The maximum absolute atomic E-state index is 11.0. The van der Waals surface area contributed by atoms with Gasteiger partial charge >= 0.3 is 5.97 Å². The quantitative estimate of drug-likeness (QED) is 0.585. The minimum atomic E-state index is -0.223. The van der Waals surface area contributed by atoms with E-state index in [2.05, 4.69) is 17.0 Å². The largest absolute Gasteiger partial charge is 0.493 e. The zero-order chi connectivity index (χ0) is 15.0. The lowest BCUT2D eigenvalue weighted by atomic mass is 10.1. The van der Waals surface area contributed by atoms with Gasteiger partial charge in [-0.3, -0.25) is 4.79 Å². The van der Waals surface area contributed by atoms with Crippen LogP contribution in [-0.4, -0.2) is 33.8 Å². The summed E-state index contributed by atoms with van der Waals surface area (Å²) in [6.07, 6.45) is 0.970. The van der Waals surface area contributed by atoms with Crippen LogP contribution in [0.4, 0.5) is 0 Å². The third-order valence-corrected chi connectivity index (χ3v) is 3.13. The first-order chi connectivity index (χ1) is 9.62. The van der Waals surface area contributed by atoms with E-state index in [4.69, 9.17) is 9.47 Å². The Bertz CT molecular complexity index is 434. The molecule has 0 aliphatic rings. The highest BCUT2D eigenvalue weighted by Gasteiger charge is 2.09. The van der Waals surface area contributed by atoms with Gasteiger partial charge in [-0.05, 0) is 38.1 Å². The first-order valence-electron chi connectivity index (χ1n) is 6.67. The van der Waals surface area contributed by atoms with Crippen molar-refractivity contribution < 1.29 is 19.0 Å². The Labute approximate surface area is 120 Å². The van der Waals surface area contributed by atoms with E-state index in [0.717, 1.165) is 5.56 Å². The predicted molar refractivity (Wildman–Crippen MR) is 77.2 cm³/mol. The Hall–Kier alpha value is -1.75. The first kappa shape index (κ1) is 16.3. The average Bonchev–Trinajstić information content (AvgIpc) is 2.50. The molecule has 1 aromatic rings. The van der Waals surface area contributed by atoms with E-state index in [1.54, 1.807) is 7.11 Å². The number of benzene rings is 1. The molecule has 1 atom stereocenters. The number of carbonyl (C=O) groups is 1. The standard InChI is InChI=1S/C15H23NO4/c1-11(16-2)12-7-8-13(14(10-12)18-3)20-9-5-6-15(17)19-4/h7-8,10-11,16H,5-6,9H2,1-4H3. The van der Waals surface area contributed by atoms with Crippen LogP contribution in [0.1, 0.15) is 31.4 Å². The fraction of sp³-hybridized carbons (Fsp3) is 0.533. The molecule has 0 saturated heterocycles. The molecule has 0 amide bonds. The van der Waals surface area contributed by atoms with Crippen LogP contribution in [0.15, 0.2) is 18.2 Å². The summed E-state index contributed by atoms with van der Waals surface area (Å²) in [4.78, 5) is 11.0. The molecule has 1 unspecified atom stereocenters. The van der Waals surface area contributed by atoms with E-state index in [-0.39, 0.29) is 12.0 Å². The average molecular weight is 281 g/mol. The Kier molecular flexibility index (Phi) is 6.87. The van der Waals surface area contributed by atoms with Crippen LogP contribution in [0, 0.1) is 0 Å². The summed E-state index contributed by atoms with van der Waals surface area (Å²) in [6.45, 7) is 2.53. The summed E-state index contributed by atoms with van der Waals surface area (Å²) in [5.74, 6) is 1.16. The van der Waals surface area contributed by atoms with Gasteiger partial charge in [0, 0.05) is 12.5 Å². The normalized spacial score (nSPS) is 11.8. The molecule has 0 aliphatic carbocycles. The van der Waals surface area contributed by atoms with Crippen LogP contribution in [-0.2, 0) is 9.53 Å². The smallest absolute Gasteiger partial charge is 0.305 e. The molecular weight excluding hydrogens is 258 g/mol. The van der Waals surface area contributed by atoms with Crippen LogP contribution in [0.5, 0.6) is 11.5 Å². The molecule has 0 aliphatic heterocycles. The van der Waals surface area contributed by atoms with Crippen molar-refractivity contribution in [3.05, 3.63) is 23.8 Å². The molecule has 0 radical (unpaired) electrons. The van der Waals surface area contributed by atoms with E-state index >= 15 is 0 Å². The van der Waals surface area contributed by atoms with Crippen LogP contribution in [0.2, 0.25) is 0 Å². The molecule has 5 heteroatoms. The van der Waals surface area contributed by atoms with Crippen molar-refractivity contribution in [1.82, 2.24) is 5.32 Å². The molecule has 0 fully saturated rings. The van der Waals surface area contributed by atoms with Crippen LogP contribution >= 0.6 is 0 Å². The molecule has 5 nitrogen and oxygen atoms in total. The van der Waals surface area contributed by atoms with Gasteiger partial charge in [0.1, 0.15) is 0 Å². The van der Waals surface area contributed by atoms with E-state index in [1.165, 1.54) is 7.11 Å². The second kappa shape index (κ2) is 8.43. The molecule has 0 saturated carbocycles. The van der Waals surface area contributed by atoms with Gasteiger partial charge in [0.2, 0.25) is 0 Å². The zero-order valence-electron chi connectivity index (χ0n) is 12.6. The summed E-state index contributed by atoms with van der Waals surface area (Å²) >= 11 is 0. The van der Waals surface area contributed by atoms with Crippen molar-refractivity contribution in [3.8, 4) is 11.5 Å². The lowest BCUT2D eigenvalue weighted by Crippen LogP contribution is -2.12. The zero-order valence-corrected chi connectivity index (χ0v) is 12.6. The number of ether oxygens (including phenoxy) is 3. The van der Waals surface area contributed by atoms with Crippen LogP contribution in [0.3, 0.4) is 0 Å². The van der Waals surface area contributed by atoms with Crippen molar-refractivity contribution in [1.29, 1.82) is 0 Å². The highest BCUT2D eigenvalue weighted by molar-refractivity contribution is 5.69. The van der Waals surface area contributed by atoms with E-state index in [1.807, 2.05) is 25.2 Å². The second-order valence-corrected chi connectivity index (χ2v) is 4.45. The molecule has 1 rings (SSSR count). The van der Waals surface area contributed by atoms with Crippen LogP contribution in [0.25, 0.3) is 0 Å². The summed E-state index contributed by atoms with van der Waals surface area (Å²) < 4.78 is 15.5. The highest BCUT2D eigenvalue weighted by atomic mass is 16.5. The minimum Gasteiger partial charge on any atom is -0.493 e. The lowest BCUT2D eigenvalue weighted by molar-refractivity contribution is -0.140. The molecule has 20 heavy (non-hydrogen) atoms. The SMILES string of the molecule is CNC(C)c1ccc(OCCCC(=O)OC)c(OC)c1. The number of hydrogen-bond donors (Lipinski definition) is 1. The maximum Gasteiger partial charge on any atom is 0.305 e. The molecule has 0 spiro atoms. The Morgan fingerprint density at radius 1 is 1.30 bits per heavy atom. The second-order valence-electron chi connectivity index (χ2n) is 4.45. The van der Waals surface area contributed by atoms with E-state index < -0.39 is 0 Å². The number of rotatable bonds is 8. The fourth-order valence-corrected chi connectivity index (χ4v) is 1.74. The number of hydrogen-bond acceptors (Lipinski definition) is 5. The molecule has 0 aromatic heterocycles. The van der Waals surface area contributed by atoms with Crippen molar-refractivity contribution in [2.24, 2.45) is 0 Å². The monoisotopic (exact) mass is 281 g/mol. The van der Waals surface area contributed by atoms with Gasteiger partial charge in [-0.25, -0.2) is 0 Å². The van der Waals surface area contributed by atoms with Crippen molar-refractivity contribution >= 4 is 5.97 Å². The summed E-state index contributed by atoms with van der Waals surface area (Å²) in [6, 6.07) is 6.09. The Morgan fingerprint density at radius 2 is 2.05 bits per heavy atom. The predicted octanol–water partition coefficient (Wildman–Crippen LogP) is 2.31. The van der Waals surface area contributed by atoms with Gasteiger partial charge < -0.3 is 19.5 Å². The van der Waals surface area contributed by atoms with Crippen molar-refractivity contribution in [3.63, 3.8) is 0 Å². The van der Waals surface area contributed by atoms with Crippen molar-refractivity contribution in [2.45, 2.75) is 25.8 Å². The third kappa shape index (κ3) is 4.74. The van der Waals surface area contributed by atoms with Gasteiger partial charge in [0.05, 0.1) is 20.8 Å². The molecule has 1 N–H and O–H groups in total. The van der Waals surface area contributed by atoms with Gasteiger partial charge in [-0.1, -0.05) is 6.07 Å². The van der Waals surface area contributed by atoms with Gasteiger partial charge in [-0.15, -0.1) is 0 Å². The number of methoxy groups -OCH3 is 2. The van der Waals surface area contributed by atoms with E-state index in [0.29, 0.717) is 30.9 Å². The fourth-order valence-electron chi connectivity index (χ4n) is 1.74. The van der Waals surface area contributed by atoms with E-state index in [9.17, 15) is 4.79 Å². The molecule has 1 aromatic carbocycles. The lowest BCUT2D eigenvalue weighted by Gasteiger charge is -2.15. The maximum atomic E-state index is 11.0.